The molecule has 90 valence electrons. The number of unbranched alkanes of at least 4 members (excludes halogenated alkanes) is 1. The molecule has 0 aromatic carbocycles. The van der Waals surface area contributed by atoms with Gasteiger partial charge in [-0.3, -0.25) is 0 Å². The van der Waals surface area contributed by atoms with Gasteiger partial charge in [0.2, 0.25) is 11.8 Å². The van der Waals surface area contributed by atoms with E-state index < -0.39 is 0 Å². The molecule has 1 aromatic rings. The molecule has 0 atom stereocenters. The van der Waals surface area contributed by atoms with Crippen molar-refractivity contribution < 1.29 is 9.47 Å². The fraction of sp³-hybridized carbons (Fsp3) is 0.636. The second kappa shape index (κ2) is 7.00. The van der Waals surface area contributed by atoms with E-state index in [9.17, 15) is 0 Å². The molecule has 2 N–H and O–H groups in total. The Hall–Kier alpha value is -1.36. The highest BCUT2D eigenvalue weighted by Gasteiger charge is 1.99. The van der Waals surface area contributed by atoms with Gasteiger partial charge in [0.25, 0.3) is 0 Å². The number of aromatic nitrogens is 2. The van der Waals surface area contributed by atoms with Crippen molar-refractivity contribution in [2.24, 2.45) is 0 Å². The average Bonchev–Trinajstić information content (AvgIpc) is 2.22. The quantitative estimate of drug-likeness (QED) is 0.713. The summed E-state index contributed by atoms with van der Waals surface area (Å²) in [5.74, 6) is 0.742. The maximum Gasteiger partial charge on any atom is 0.223 e. The van der Waals surface area contributed by atoms with Gasteiger partial charge in [-0.15, -0.1) is 0 Å². The molecule has 1 heterocycles. The van der Waals surface area contributed by atoms with E-state index in [0.717, 1.165) is 25.1 Å². The van der Waals surface area contributed by atoms with Crippen LogP contribution in [0.4, 0.5) is 5.95 Å². The maximum absolute atomic E-state index is 5.50. The highest BCUT2D eigenvalue weighted by molar-refractivity contribution is 5.25. The Morgan fingerprint density at radius 3 is 2.75 bits per heavy atom. The molecule has 5 nitrogen and oxygen atoms in total. The van der Waals surface area contributed by atoms with Crippen LogP contribution in [-0.2, 0) is 4.74 Å². The smallest absolute Gasteiger partial charge is 0.223 e. The van der Waals surface area contributed by atoms with Crippen molar-refractivity contribution in [3.05, 3.63) is 11.8 Å². The maximum atomic E-state index is 5.50. The van der Waals surface area contributed by atoms with E-state index in [0.29, 0.717) is 19.1 Å². The second-order valence-corrected chi connectivity index (χ2v) is 3.52. The standard InChI is InChI=1S/C11H19N3O2/c1-3-4-5-15-6-7-16-10-8-9(2)13-11(12)14-10/h8H,3-7H2,1-2H3,(H2,12,13,14). The van der Waals surface area contributed by atoms with Crippen LogP contribution in [0.2, 0.25) is 0 Å². The van der Waals surface area contributed by atoms with Crippen LogP contribution in [-0.4, -0.2) is 29.8 Å². The Morgan fingerprint density at radius 1 is 1.25 bits per heavy atom. The van der Waals surface area contributed by atoms with Crippen molar-refractivity contribution in [2.75, 3.05) is 25.6 Å². The minimum Gasteiger partial charge on any atom is -0.475 e. The molecule has 1 aromatic heterocycles. The number of rotatable bonds is 7. The topological polar surface area (TPSA) is 70.3 Å². The summed E-state index contributed by atoms with van der Waals surface area (Å²) < 4.78 is 10.7. The van der Waals surface area contributed by atoms with Crippen LogP contribution in [0.25, 0.3) is 0 Å². The number of ether oxygens (including phenoxy) is 2. The summed E-state index contributed by atoms with van der Waals surface area (Å²) in [6.07, 6.45) is 2.22. The Balaban J connectivity index is 2.21. The van der Waals surface area contributed by atoms with E-state index >= 15 is 0 Å². The van der Waals surface area contributed by atoms with Gasteiger partial charge in [0.05, 0.1) is 6.61 Å². The molecule has 0 radical (unpaired) electrons. The highest BCUT2D eigenvalue weighted by Crippen LogP contribution is 2.09. The zero-order valence-corrected chi connectivity index (χ0v) is 9.90. The van der Waals surface area contributed by atoms with Crippen LogP contribution in [0.15, 0.2) is 6.07 Å². The minimum atomic E-state index is 0.238. The van der Waals surface area contributed by atoms with Crippen LogP contribution >= 0.6 is 0 Å². The third-order valence-electron chi connectivity index (χ3n) is 1.97. The summed E-state index contributed by atoms with van der Waals surface area (Å²) in [6.45, 7) is 5.82. The van der Waals surface area contributed by atoms with Gasteiger partial charge in [-0.25, -0.2) is 4.98 Å². The number of nitrogens with zero attached hydrogens (tertiary/aromatic N) is 2. The molecule has 0 unspecified atom stereocenters. The predicted molar refractivity (Wildman–Crippen MR) is 62.4 cm³/mol. The third kappa shape index (κ3) is 4.93. The van der Waals surface area contributed by atoms with Gasteiger partial charge in [-0.1, -0.05) is 13.3 Å². The van der Waals surface area contributed by atoms with Crippen LogP contribution in [0.5, 0.6) is 5.88 Å². The molecule has 0 aliphatic rings. The molecule has 0 aliphatic carbocycles. The van der Waals surface area contributed by atoms with Gasteiger partial charge < -0.3 is 15.2 Å². The third-order valence-corrected chi connectivity index (χ3v) is 1.97. The van der Waals surface area contributed by atoms with E-state index in [4.69, 9.17) is 15.2 Å². The fourth-order valence-corrected chi connectivity index (χ4v) is 1.19. The van der Waals surface area contributed by atoms with Gasteiger partial charge in [-0.05, 0) is 13.3 Å². The lowest BCUT2D eigenvalue weighted by molar-refractivity contribution is 0.0965. The molecule has 1 rings (SSSR count). The van der Waals surface area contributed by atoms with E-state index in [1.165, 1.54) is 0 Å². The lowest BCUT2D eigenvalue weighted by Crippen LogP contribution is -2.09. The number of aryl methyl sites for hydroxylation is 1. The summed E-state index contributed by atoms with van der Waals surface area (Å²) in [6, 6.07) is 1.75. The monoisotopic (exact) mass is 225 g/mol. The first-order valence-corrected chi connectivity index (χ1v) is 5.54. The number of hydrogen-bond acceptors (Lipinski definition) is 5. The normalized spacial score (nSPS) is 10.4. The summed E-state index contributed by atoms with van der Waals surface area (Å²) in [5.41, 5.74) is 6.30. The lowest BCUT2D eigenvalue weighted by atomic mass is 10.4. The Labute approximate surface area is 96.0 Å². The van der Waals surface area contributed by atoms with E-state index in [1.807, 2.05) is 6.92 Å². The molecule has 0 fully saturated rings. The Bertz CT molecular complexity index is 298. The molecular formula is C11H19N3O2. The first-order chi connectivity index (χ1) is 7.72. The van der Waals surface area contributed by atoms with E-state index in [-0.39, 0.29) is 5.95 Å². The summed E-state index contributed by atoms with van der Waals surface area (Å²) in [7, 11) is 0. The summed E-state index contributed by atoms with van der Waals surface area (Å²) in [5, 5.41) is 0. The van der Waals surface area contributed by atoms with Crippen LogP contribution < -0.4 is 10.5 Å². The molecule has 16 heavy (non-hydrogen) atoms. The fourth-order valence-electron chi connectivity index (χ4n) is 1.19. The van der Waals surface area contributed by atoms with Crippen LogP contribution in [0, 0.1) is 6.92 Å². The predicted octanol–water partition coefficient (Wildman–Crippen LogP) is 1.56. The summed E-state index contributed by atoms with van der Waals surface area (Å²) >= 11 is 0. The number of anilines is 1. The van der Waals surface area contributed by atoms with Crippen molar-refractivity contribution in [1.29, 1.82) is 0 Å². The molecule has 0 bridgehead atoms. The Kier molecular flexibility index (Phi) is 5.56. The summed E-state index contributed by atoms with van der Waals surface area (Å²) in [4.78, 5) is 7.92. The molecule has 5 heteroatoms. The van der Waals surface area contributed by atoms with Gasteiger partial charge in [-0.2, -0.15) is 4.98 Å². The van der Waals surface area contributed by atoms with Gasteiger partial charge >= 0.3 is 0 Å². The zero-order chi connectivity index (χ0) is 11.8. The van der Waals surface area contributed by atoms with Crippen molar-refractivity contribution in [2.45, 2.75) is 26.7 Å². The average molecular weight is 225 g/mol. The number of hydrogen-bond donors (Lipinski definition) is 1. The number of nitrogens with two attached hydrogens (primary N) is 1. The van der Waals surface area contributed by atoms with Gasteiger partial charge in [0.15, 0.2) is 0 Å². The lowest BCUT2D eigenvalue weighted by Gasteiger charge is -2.06. The SMILES string of the molecule is CCCCOCCOc1cc(C)nc(N)n1. The van der Waals surface area contributed by atoms with Gasteiger partial charge in [0.1, 0.15) is 6.61 Å². The zero-order valence-electron chi connectivity index (χ0n) is 9.90. The van der Waals surface area contributed by atoms with Crippen molar-refractivity contribution in [1.82, 2.24) is 9.97 Å². The molecule has 0 amide bonds. The second-order valence-electron chi connectivity index (χ2n) is 3.52. The molecule has 0 aliphatic heterocycles. The molecular weight excluding hydrogens is 206 g/mol. The first kappa shape index (κ1) is 12.7. The van der Waals surface area contributed by atoms with Crippen LogP contribution in [0.3, 0.4) is 0 Å². The highest BCUT2D eigenvalue weighted by atomic mass is 16.5. The van der Waals surface area contributed by atoms with Gasteiger partial charge in [0, 0.05) is 18.4 Å². The van der Waals surface area contributed by atoms with E-state index in [1.54, 1.807) is 6.07 Å². The van der Waals surface area contributed by atoms with Crippen molar-refractivity contribution in [3.8, 4) is 5.88 Å². The Morgan fingerprint density at radius 2 is 2.06 bits per heavy atom. The minimum absolute atomic E-state index is 0.238. The largest absolute Gasteiger partial charge is 0.475 e. The molecule has 0 saturated heterocycles. The molecule has 0 spiro atoms. The van der Waals surface area contributed by atoms with Crippen molar-refractivity contribution >= 4 is 5.95 Å². The van der Waals surface area contributed by atoms with Crippen LogP contribution in [0.1, 0.15) is 25.5 Å². The van der Waals surface area contributed by atoms with E-state index in [2.05, 4.69) is 16.9 Å². The number of nitrogen functional groups attached to an aromatic ring is 1. The van der Waals surface area contributed by atoms with Crippen molar-refractivity contribution in [3.63, 3.8) is 0 Å². The molecule has 0 saturated carbocycles. The first-order valence-electron chi connectivity index (χ1n) is 5.54.